The average Bonchev–Trinajstić information content (AvgIpc) is 2.68. The maximum Gasteiger partial charge on any atom is 0.214 e. The number of aromatic nitrogens is 2. The van der Waals surface area contributed by atoms with Crippen molar-refractivity contribution in [2.75, 3.05) is 12.3 Å². The van der Waals surface area contributed by atoms with E-state index in [0.717, 1.165) is 30.7 Å². The fraction of sp³-hybridized carbons (Fsp3) is 0.727. The summed E-state index contributed by atoms with van der Waals surface area (Å²) in [7, 11) is -1.18. The van der Waals surface area contributed by atoms with E-state index >= 15 is 0 Å². The first-order valence-electron chi connectivity index (χ1n) is 6.01. The molecule has 0 bridgehead atoms. The molecule has 0 N–H and O–H groups in total. The molecular formula is C11H19N3O2S. The fourth-order valence-corrected chi connectivity index (χ4v) is 3.69. The number of hydrogen-bond donors (Lipinski definition) is 0. The smallest absolute Gasteiger partial charge is 0.214 e. The Balaban J connectivity index is 2.14. The van der Waals surface area contributed by atoms with Gasteiger partial charge in [0, 0.05) is 20.0 Å². The van der Waals surface area contributed by atoms with Crippen LogP contribution >= 0.6 is 0 Å². The van der Waals surface area contributed by atoms with Gasteiger partial charge in [-0.25, -0.2) is 13.4 Å². The Morgan fingerprint density at radius 1 is 1.47 bits per heavy atom. The van der Waals surface area contributed by atoms with Crippen molar-refractivity contribution in [3.8, 4) is 0 Å². The van der Waals surface area contributed by atoms with E-state index in [1.165, 1.54) is 0 Å². The highest BCUT2D eigenvalue weighted by molar-refractivity contribution is 7.89. The number of aryl methyl sites for hydroxylation is 1. The second-order valence-corrected chi connectivity index (χ2v) is 6.59. The topological polar surface area (TPSA) is 55.2 Å². The molecule has 0 spiro atoms. The highest BCUT2D eigenvalue weighted by Gasteiger charge is 2.28. The largest absolute Gasteiger partial charge is 0.336 e. The highest BCUT2D eigenvalue weighted by atomic mass is 32.2. The molecule has 2 heterocycles. The molecular weight excluding hydrogens is 238 g/mol. The Morgan fingerprint density at radius 2 is 2.24 bits per heavy atom. The van der Waals surface area contributed by atoms with Crippen LogP contribution in [0.2, 0.25) is 0 Å². The molecule has 6 heteroatoms. The van der Waals surface area contributed by atoms with Gasteiger partial charge in [-0.05, 0) is 6.42 Å². The molecule has 1 aliphatic rings. The van der Waals surface area contributed by atoms with E-state index in [2.05, 4.69) is 4.98 Å². The van der Waals surface area contributed by atoms with Gasteiger partial charge in [0.15, 0.2) is 0 Å². The third kappa shape index (κ3) is 2.52. The highest BCUT2D eigenvalue weighted by Crippen LogP contribution is 2.20. The molecule has 2 rings (SSSR count). The van der Waals surface area contributed by atoms with Crippen molar-refractivity contribution in [1.82, 2.24) is 13.9 Å². The second-order valence-electron chi connectivity index (χ2n) is 4.50. The maximum atomic E-state index is 12.1. The molecule has 0 atom stereocenters. The summed E-state index contributed by atoms with van der Waals surface area (Å²) in [4.78, 5) is 4.28. The monoisotopic (exact) mass is 257 g/mol. The standard InChI is InChI=1S/C11H19N3O2S/c1-3-4-7-17(15,16)14-6-5-10-11(8-14)13(2)9-12-10/h9H,3-8H2,1-2H3. The third-order valence-electron chi connectivity index (χ3n) is 3.22. The Labute approximate surface area is 103 Å². The minimum Gasteiger partial charge on any atom is -0.336 e. The number of nitrogens with zero attached hydrogens (tertiary/aromatic N) is 3. The molecule has 17 heavy (non-hydrogen) atoms. The van der Waals surface area contributed by atoms with Gasteiger partial charge in [0.25, 0.3) is 0 Å². The predicted octanol–water partition coefficient (Wildman–Crippen LogP) is 0.908. The zero-order chi connectivity index (χ0) is 12.5. The van der Waals surface area contributed by atoms with Crippen molar-refractivity contribution in [2.45, 2.75) is 32.7 Å². The molecule has 0 aliphatic carbocycles. The Morgan fingerprint density at radius 3 is 2.94 bits per heavy atom. The van der Waals surface area contributed by atoms with Crippen molar-refractivity contribution in [3.63, 3.8) is 0 Å². The molecule has 1 aliphatic heterocycles. The number of unbranched alkanes of at least 4 members (excludes halogenated alkanes) is 1. The van der Waals surface area contributed by atoms with Crippen LogP contribution in [-0.4, -0.2) is 34.6 Å². The molecule has 0 saturated carbocycles. The number of fused-ring (bicyclic) bond motifs is 1. The quantitative estimate of drug-likeness (QED) is 0.805. The van der Waals surface area contributed by atoms with E-state index in [4.69, 9.17) is 0 Å². The second kappa shape index (κ2) is 4.78. The molecule has 0 aromatic carbocycles. The average molecular weight is 257 g/mol. The van der Waals surface area contributed by atoms with Gasteiger partial charge in [0.1, 0.15) is 0 Å². The zero-order valence-corrected chi connectivity index (χ0v) is 11.2. The van der Waals surface area contributed by atoms with Gasteiger partial charge < -0.3 is 4.57 Å². The van der Waals surface area contributed by atoms with Gasteiger partial charge in [-0.3, -0.25) is 0 Å². The summed E-state index contributed by atoms with van der Waals surface area (Å²) in [5, 5.41) is 0. The van der Waals surface area contributed by atoms with E-state index < -0.39 is 10.0 Å². The van der Waals surface area contributed by atoms with E-state index in [-0.39, 0.29) is 5.75 Å². The molecule has 0 saturated heterocycles. The number of imidazole rings is 1. The van der Waals surface area contributed by atoms with Crippen LogP contribution in [0.4, 0.5) is 0 Å². The normalized spacial score (nSPS) is 17.1. The summed E-state index contributed by atoms with van der Waals surface area (Å²) in [5.74, 6) is 0.261. The van der Waals surface area contributed by atoms with Crippen molar-refractivity contribution in [1.29, 1.82) is 0 Å². The Hall–Kier alpha value is -0.880. The SMILES string of the molecule is CCCCS(=O)(=O)N1CCc2ncn(C)c2C1. The minimum absolute atomic E-state index is 0.261. The summed E-state index contributed by atoms with van der Waals surface area (Å²) in [6.45, 7) is 3.04. The summed E-state index contributed by atoms with van der Waals surface area (Å²) >= 11 is 0. The van der Waals surface area contributed by atoms with E-state index in [9.17, 15) is 8.42 Å². The van der Waals surface area contributed by atoms with E-state index in [1.807, 2.05) is 18.5 Å². The van der Waals surface area contributed by atoms with Crippen LogP contribution in [0.1, 0.15) is 31.2 Å². The molecule has 5 nitrogen and oxygen atoms in total. The van der Waals surface area contributed by atoms with E-state index in [0.29, 0.717) is 13.1 Å². The lowest BCUT2D eigenvalue weighted by Gasteiger charge is -2.26. The van der Waals surface area contributed by atoms with Crippen molar-refractivity contribution >= 4 is 10.0 Å². The first kappa shape index (κ1) is 12.6. The van der Waals surface area contributed by atoms with Crippen molar-refractivity contribution in [3.05, 3.63) is 17.7 Å². The van der Waals surface area contributed by atoms with Gasteiger partial charge in [-0.15, -0.1) is 0 Å². The van der Waals surface area contributed by atoms with Gasteiger partial charge in [0.2, 0.25) is 10.0 Å². The van der Waals surface area contributed by atoms with Crippen LogP contribution in [-0.2, 0) is 30.0 Å². The van der Waals surface area contributed by atoms with Gasteiger partial charge in [0.05, 0.1) is 30.0 Å². The molecule has 1 aromatic rings. The van der Waals surface area contributed by atoms with Gasteiger partial charge in [-0.1, -0.05) is 13.3 Å². The van der Waals surface area contributed by atoms with Crippen LogP contribution in [0.25, 0.3) is 0 Å². The minimum atomic E-state index is -3.09. The van der Waals surface area contributed by atoms with Crippen LogP contribution < -0.4 is 0 Å². The lowest BCUT2D eigenvalue weighted by atomic mass is 10.2. The van der Waals surface area contributed by atoms with Gasteiger partial charge in [-0.2, -0.15) is 4.31 Å². The zero-order valence-electron chi connectivity index (χ0n) is 10.4. The first-order valence-corrected chi connectivity index (χ1v) is 7.62. The number of sulfonamides is 1. The third-order valence-corrected chi connectivity index (χ3v) is 5.12. The number of hydrogen-bond acceptors (Lipinski definition) is 3. The maximum absolute atomic E-state index is 12.1. The van der Waals surface area contributed by atoms with Crippen molar-refractivity contribution in [2.24, 2.45) is 7.05 Å². The molecule has 0 amide bonds. The summed E-state index contributed by atoms with van der Waals surface area (Å²) < 4.78 is 27.7. The summed E-state index contributed by atoms with van der Waals surface area (Å²) in [6, 6.07) is 0. The molecule has 1 aromatic heterocycles. The molecule has 0 radical (unpaired) electrons. The van der Waals surface area contributed by atoms with Gasteiger partial charge >= 0.3 is 0 Å². The van der Waals surface area contributed by atoms with Crippen molar-refractivity contribution < 1.29 is 8.42 Å². The fourth-order valence-electron chi connectivity index (χ4n) is 2.09. The molecule has 96 valence electrons. The van der Waals surface area contributed by atoms with Crippen LogP contribution in [0.5, 0.6) is 0 Å². The lowest BCUT2D eigenvalue weighted by Crippen LogP contribution is -2.38. The summed E-state index contributed by atoms with van der Waals surface area (Å²) in [6.07, 6.45) is 4.12. The van der Waals surface area contributed by atoms with E-state index in [1.54, 1.807) is 10.6 Å². The predicted molar refractivity (Wildman–Crippen MR) is 66.0 cm³/mol. The van der Waals surface area contributed by atoms with Crippen LogP contribution in [0, 0.1) is 0 Å². The number of rotatable bonds is 4. The molecule has 0 unspecified atom stereocenters. The van der Waals surface area contributed by atoms with Crippen LogP contribution in [0.3, 0.4) is 0 Å². The Bertz CT molecular complexity index is 493. The van der Waals surface area contributed by atoms with Crippen LogP contribution in [0.15, 0.2) is 6.33 Å². The molecule has 0 fully saturated rings. The lowest BCUT2D eigenvalue weighted by molar-refractivity contribution is 0.379. The summed E-state index contributed by atoms with van der Waals surface area (Å²) in [5.41, 5.74) is 2.06. The Kier molecular flexibility index (Phi) is 3.53. The first-order chi connectivity index (χ1) is 8.04.